The second kappa shape index (κ2) is 6.15. The molecule has 4 heteroatoms. The van der Waals surface area contributed by atoms with Gasteiger partial charge in [-0.1, -0.05) is 48.1 Å². The molecule has 0 unspecified atom stereocenters. The molecule has 0 saturated carbocycles. The number of hydrogen-bond donors (Lipinski definition) is 2. The van der Waals surface area contributed by atoms with Crippen LogP contribution < -0.4 is 5.32 Å². The molecule has 4 nitrogen and oxygen atoms in total. The Morgan fingerprint density at radius 2 is 1.62 bits per heavy atom. The number of ketones is 2. The van der Waals surface area contributed by atoms with Gasteiger partial charge in [-0.3, -0.25) is 9.59 Å². The first kappa shape index (κ1) is 16.1. The molecule has 0 spiro atoms. The van der Waals surface area contributed by atoms with E-state index in [1.54, 1.807) is 30.3 Å². The largest absolute Gasteiger partial charge is 0.507 e. The number of phenols is 1. The summed E-state index contributed by atoms with van der Waals surface area (Å²) in [6, 6.07) is 9.80. The molecule has 2 N–H and O–H groups in total. The van der Waals surface area contributed by atoms with Gasteiger partial charge in [-0.2, -0.15) is 0 Å². The number of benzene rings is 2. The van der Waals surface area contributed by atoms with Crippen molar-refractivity contribution in [3.8, 4) is 5.75 Å². The van der Waals surface area contributed by atoms with Crippen LogP contribution in [-0.2, 0) is 0 Å². The third-order valence-corrected chi connectivity index (χ3v) is 4.61. The smallest absolute Gasteiger partial charge is 0.198 e. The summed E-state index contributed by atoms with van der Waals surface area (Å²) < 4.78 is 0. The molecular weight excluding hydrogens is 326 g/mol. The standard InChI is InChI=1S/C22H17NO3/c1-13-5-4-6-14(10-9-13)23-17-11-12-18(24)20-19(17)21(25)15-7-2-3-8-16(15)22(20)26/h2-5,7-12,23-24H,6H2,1H3. The summed E-state index contributed by atoms with van der Waals surface area (Å²) in [5.41, 5.74) is 3.55. The van der Waals surface area contributed by atoms with Gasteiger partial charge in [0.15, 0.2) is 11.6 Å². The molecule has 4 rings (SSSR count). The van der Waals surface area contributed by atoms with Gasteiger partial charge in [-0.15, -0.1) is 0 Å². The third-order valence-electron chi connectivity index (χ3n) is 4.61. The van der Waals surface area contributed by atoms with Gasteiger partial charge < -0.3 is 10.4 Å². The van der Waals surface area contributed by atoms with Crippen LogP contribution in [0.5, 0.6) is 5.75 Å². The number of anilines is 1. The normalized spacial score (nSPS) is 15.6. The number of allylic oxidation sites excluding steroid dienone is 5. The average Bonchev–Trinajstić information content (AvgIpc) is 2.85. The molecule has 2 aromatic rings. The van der Waals surface area contributed by atoms with Crippen molar-refractivity contribution in [1.29, 1.82) is 0 Å². The summed E-state index contributed by atoms with van der Waals surface area (Å²) in [4.78, 5) is 25.9. The molecule has 0 atom stereocenters. The maximum Gasteiger partial charge on any atom is 0.198 e. The van der Waals surface area contributed by atoms with Crippen molar-refractivity contribution in [2.45, 2.75) is 13.3 Å². The summed E-state index contributed by atoms with van der Waals surface area (Å²) in [6.45, 7) is 2.01. The Bertz CT molecular complexity index is 1040. The van der Waals surface area contributed by atoms with Gasteiger partial charge >= 0.3 is 0 Å². The Morgan fingerprint density at radius 3 is 2.35 bits per heavy atom. The zero-order valence-corrected chi connectivity index (χ0v) is 14.2. The minimum atomic E-state index is -0.332. The van der Waals surface area contributed by atoms with Crippen LogP contribution in [0, 0.1) is 0 Å². The topological polar surface area (TPSA) is 66.4 Å². The van der Waals surface area contributed by atoms with E-state index in [1.807, 2.05) is 31.2 Å². The van der Waals surface area contributed by atoms with Crippen LogP contribution in [0.15, 0.2) is 72.0 Å². The predicted octanol–water partition coefficient (Wildman–Crippen LogP) is 4.37. The molecule has 0 bridgehead atoms. The van der Waals surface area contributed by atoms with Crippen molar-refractivity contribution in [3.63, 3.8) is 0 Å². The highest BCUT2D eigenvalue weighted by atomic mass is 16.3. The van der Waals surface area contributed by atoms with Crippen molar-refractivity contribution in [2.75, 3.05) is 5.32 Å². The number of rotatable bonds is 2. The fraction of sp³-hybridized carbons (Fsp3) is 0.0909. The molecule has 0 aliphatic heterocycles. The van der Waals surface area contributed by atoms with E-state index in [1.165, 1.54) is 6.07 Å². The lowest BCUT2D eigenvalue weighted by atomic mass is 9.82. The highest BCUT2D eigenvalue weighted by Crippen LogP contribution is 2.37. The summed E-state index contributed by atoms with van der Waals surface area (Å²) in [5.74, 6) is -0.768. The Labute approximate surface area is 151 Å². The van der Waals surface area contributed by atoms with Crippen molar-refractivity contribution < 1.29 is 14.7 Å². The molecule has 26 heavy (non-hydrogen) atoms. The first-order valence-corrected chi connectivity index (χ1v) is 8.41. The predicted molar refractivity (Wildman–Crippen MR) is 101 cm³/mol. The van der Waals surface area contributed by atoms with Gasteiger partial charge in [-0.05, 0) is 25.1 Å². The van der Waals surface area contributed by atoms with Crippen LogP contribution in [-0.4, -0.2) is 16.7 Å². The zero-order valence-electron chi connectivity index (χ0n) is 14.2. The number of fused-ring (bicyclic) bond motifs is 2. The second-order valence-corrected chi connectivity index (χ2v) is 6.42. The van der Waals surface area contributed by atoms with E-state index in [9.17, 15) is 14.7 Å². The van der Waals surface area contributed by atoms with Crippen LogP contribution in [0.25, 0.3) is 0 Å². The third kappa shape index (κ3) is 2.56. The van der Waals surface area contributed by atoms with Gasteiger partial charge in [0.25, 0.3) is 0 Å². The van der Waals surface area contributed by atoms with Crippen LogP contribution >= 0.6 is 0 Å². The molecular formula is C22H17NO3. The Balaban J connectivity index is 1.84. The monoisotopic (exact) mass is 343 g/mol. The highest BCUT2D eigenvalue weighted by molar-refractivity contribution is 6.31. The maximum absolute atomic E-state index is 13.0. The molecule has 0 radical (unpaired) electrons. The van der Waals surface area contributed by atoms with Crippen LogP contribution in [0.2, 0.25) is 0 Å². The van der Waals surface area contributed by atoms with Crippen LogP contribution in [0.1, 0.15) is 45.2 Å². The van der Waals surface area contributed by atoms with Gasteiger partial charge in [0.2, 0.25) is 0 Å². The molecule has 0 amide bonds. The molecule has 2 aliphatic carbocycles. The minimum absolute atomic E-state index is 0.0650. The van der Waals surface area contributed by atoms with E-state index in [-0.39, 0.29) is 28.4 Å². The number of hydrogen-bond acceptors (Lipinski definition) is 4. The number of phenolic OH excluding ortho intramolecular Hbond substituents is 1. The molecule has 0 saturated heterocycles. The van der Waals surface area contributed by atoms with Gasteiger partial charge in [0.1, 0.15) is 5.75 Å². The zero-order chi connectivity index (χ0) is 18.3. The van der Waals surface area contributed by atoms with Crippen molar-refractivity contribution in [2.24, 2.45) is 0 Å². The Kier molecular flexibility index (Phi) is 3.81. The molecule has 2 aromatic carbocycles. The number of aromatic hydroxyl groups is 1. The first-order chi connectivity index (χ1) is 12.6. The average molecular weight is 343 g/mol. The summed E-state index contributed by atoms with van der Waals surface area (Å²) in [6.07, 6.45) is 8.69. The number of carbonyl (C=O) groups excluding carboxylic acids is 2. The Morgan fingerprint density at radius 1 is 0.923 bits per heavy atom. The highest BCUT2D eigenvalue weighted by Gasteiger charge is 2.33. The quantitative estimate of drug-likeness (QED) is 0.678. The Hall–Kier alpha value is -3.40. The summed E-state index contributed by atoms with van der Waals surface area (Å²) >= 11 is 0. The maximum atomic E-state index is 13.0. The molecule has 0 fully saturated rings. The van der Waals surface area contributed by atoms with E-state index in [4.69, 9.17) is 0 Å². The number of carbonyl (C=O) groups is 2. The van der Waals surface area contributed by atoms with E-state index in [2.05, 4.69) is 5.32 Å². The van der Waals surface area contributed by atoms with Crippen molar-refractivity contribution in [1.82, 2.24) is 0 Å². The fourth-order valence-corrected chi connectivity index (χ4v) is 3.30. The fourth-order valence-electron chi connectivity index (χ4n) is 3.30. The van der Waals surface area contributed by atoms with E-state index >= 15 is 0 Å². The van der Waals surface area contributed by atoms with Crippen molar-refractivity contribution in [3.05, 3.63) is 94.2 Å². The molecule has 0 heterocycles. The van der Waals surface area contributed by atoms with E-state index in [0.717, 1.165) is 11.3 Å². The lowest BCUT2D eigenvalue weighted by Gasteiger charge is -2.22. The number of nitrogens with one attached hydrogen (secondary N) is 1. The van der Waals surface area contributed by atoms with Gasteiger partial charge in [-0.25, -0.2) is 0 Å². The van der Waals surface area contributed by atoms with Crippen molar-refractivity contribution >= 4 is 17.3 Å². The molecule has 128 valence electrons. The summed E-state index contributed by atoms with van der Waals surface area (Å²) in [5, 5.41) is 13.5. The van der Waals surface area contributed by atoms with Crippen LogP contribution in [0.3, 0.4) is 0 Å². The lowest BCUT2D eigenvalue weighted by Crippen LogP contribution is -2.22. The summed E-state index contributed by atoms with van der Waals surface area (Å²) in [7, 11) is 0. The van der Waals surface area contributed by atoms with E-state index < -0.39 is 0 Å². The first-order valence-electron chi connectivity index (χ1n) is 8.41. The van der Waals surface area contributed by atoms with E-state index in [0.29, 0.717) is 23.2 Å². The molecule has 2 aliphatic rings. The van der Waals surface area contributed by atoms with Crippen LogP contribution in [0.4, 0.5) is 5.69 Å². The van der Waals surface area contributed by atoms with Gasteiger partial charge in [0, 0.05) is 23.2 Å². The molecule has 0 aromatic heterocycles. The SMILES string of the molecule is CC1=CC=C(Nc2ccc(O)c3c2C(=O)c2ccccc2C3=O)CC=C1. The van der Waals surface area contributed by atoms with Gasteiger partial charge in [0.05, 0.1) is 16.8 Å². The minimum Gasteiger partial charge on any atom is -0.507 e. The second-order valence-electron chi connectivity index (χ2n) is 6.42. The lowest BCUT2D eigenvalue weighted by molar-refractivity contribution is 0.0977.